The van der Waals surface area contributed by atoms with E-state index in [1.165, 1.54) is 5.56 Å². The van der Waals surface area contributed by atoms with E-state index in [1.807, 2.05) is 6.07 Å². The number of halogens is 1. The van der Waals surface area contributed by atoms with Crippen LogP contribution in [-0.2, 0) is 10.2 Å². The summed E-state index contributed by atoms with van der Waals surface area (Å²) in [5.41, 5.74) is 3.49. The molecule has 108 valence electrons. The first-order valence-electron chi connectivity index (χ1n) is 7.01. The van der Waals surface area contributed by atoms with Crippen molar-refractivity contribution in [1.29, 1.82) is 0 Å². The molecule has 4 heteroatoms. The number of carboxylic acid groups (broad SMARTS) is 1. The van der Waals surface area contributed by atoms with Gasteiger partial charge in [0.05, 0.1) is 5.69 Å². The third-order valence-corrected chi connectivity index (χ3v) is 4.70. The fourth-order valence-electron chi connectivity index (χ4n) is 2.79. The number of aliphatic imine (C=N–C) groups is 1. The molecule has 0 saturated heterocycles. The van der Waals surface area contributed by atoms with Crippen molar-refractivity contribution >= 4 is 33.3 Å². The third-order valence-electron chi connectivity index (χ3n) is 4.21. The van der Waals surface area contributed by atoms with E-state index in [1.54, 1.807) is 0 Å². The second-order valence-electron chi connectivity index (χ2n) is 5.65. The Morgan fingerprint density at radius 3 is 2.80 bits per heavy atom. The van der Waals surface area contributed by atoms with Crippen LogP contribution in [0.25, 0.3) is 0 Å². The zero-order valence-corrected chi connectivity index (χ0v) is 13.5. The number of nitrogens with zero attached hydrogens (tertiary/aromatic N) is 1. The molecule has 1 aliphatic rings. The quantitative estimate of drug-likeness (QED) is 0.754. The first-order valence-corrected chi connectivity index (χ1v) is 7.80. The number of rotatable bonds is 6. The predicted octanol–water partition coefficient (Wildman–Crippen LogP) is 4.85. The van der Waals surface area contributed by atoms with Crippen LogP contribution in [0, 0.1) is 0 Å². The minimum atomic E-state index is -0.705. The number of unbranched alkanes of at least 4 members (excludes halogenated alkanes) is 2. The van der Waals surface area contributed by atoms with Crippen molar-refractivity contribution in [3.8, 4) is 0 Å². The number of aliphatic carboxylic acids is 1. The van der Waals surface area contributed by atoms with E-state index in [0.29, 0.717) is 0 Å². The summed E-state index contributed by atoms with van der Waals surface area (Å²) in [5, 5.41) is 8.65. The second kappa shape index (κ2) is 6.08. The smallest absolute Gasteiger partial charge is 0.303 e. The highest BCUT2D eigenvalue weighted by molar-refractivity contribution is 9.10. The van der Waals surface area contributed by atoms with Gasteiger partial charge in [-0.2, -0.15) is 0 Å². The zero-order chi connectivity index (χ0) is 14.8. The molecule has 1 aromatic carbocycles. The highest BCUT2D eigenvalue weighted by Gasteiger charge is 2.36. The van der Waals surface area contributed by atoms with Gasteiger partial charge in [-0.05, 0) is 43.5 Å². The summed E-state index contributed by atoms with van der Waals surface area (Å²) in [6, 6.07) is 6.24. The molecule has 1 heterocycles. The second-order valence-corrected chi connectivity index (χ2v) is 6.56. The molecule has 2 rings (SSSR count). The lowest BCUT2D eigenvalue weighted by atomic mass is 9.76. The van der Waals surface area contributed by atoms with E-state index >= 15 is 0 Å². The number of benzene rings is 1. The summed E-state index contributed by atoms with van der Waals surface area (Å²) in [6.07, 6.45) is 4.03. The number of hydrogen-bond donors (Lipinski definition) is 1. The highest BCUT2D eigenvalue weighted by atomic mass is 79.9. The summed E-state index contributed by atoms with van der Waals surface area (Å²) in [4.78, 5) is 15.2. The van der Waals surface area contributed by atoms with Gasteiger partial charge >= 0.3 is 5.97 Å². The first-order chi connectivity index (χ1) is 9.43. The molecule has 20 heavy (non-hydrogen) atoms. The topological polar surface area (TPSA) is 49.7 Å². The van der Waals surface area contributed by atoms with E-state index < -0.39 is 5.97 Å². The Bertz CT molecular complexity index is 553. The van der Waals surface area contributed by atoms with Gasteiger partial charge < -0.3 is 5.11 Å². The Hall–Kier alpha value is -1.16. The van der Waals surface area contributed by atoms with E-state index in [0.717, 1.165) is 41.6 Å². The van der Waals surface area contributed by atoms with Crippen LogP contribution in [0.4, 0.5) is 5.69 Å². The van der Waals surface area contributed by atoms with Crippen LogP contribution >= 0.6 is 15.9 Å². The molecule has 0 bridgehead atoms. The maximum absolute atomic E-state index is 10.5. The van der Waals surface area contributed by atoms with Gasteiger partial charge in [0.25, 0.3) is 0 Å². The van der Waals surface area contributed by atoms with E-state index in [-0.39, 0.29) is 11.8 Å². The lowest BCUT2D eigenvalue weighted by Crippen LogP contribution is -2.27. The van der Waals surface area contributed by atoms with Crippen LogP contribution in [0.1, 0.15) is 51.5 Å². The monoisotopic (exact) mass is 337 g/mol. The summed E-state index contributed by atoms with van der Waals surface area (Å²) in [7, 11) is 0. The molecule has 3 nitrogen and oxygen atoms in total. The van der Waals surface area contributed by atoms with E-state index in [9.17, 15) is 4.79 Å². The van der Waals surface area contributed by atoms with Gasteiger partial charge in [-0.3, -0.25) is 9.79 Å². The maximum Gasteiger partial charge on any atom is 0.303 e. The average Bonchev–Trinajstić information content (AvgIpc) is 2.62. The van der Waals surface area contributed by atoms with E-state index in [4.69, 9.17) is 5.11 Å². The summed E-state index contributed by atoms with van der Waals surface area (Å²) < 4.78 is 1.08. The van der Waals surface area contributed by atoms with E-state index in [2.05, 4.69) is 46.9 Å². The van der Waals surface area contributed by atoms with Crippen molar-refractivity contribution in [2.24, 2.45) is 4.99 Å². The molecule has 0 radical (unpaired) electrons. The Kier molecular flexibility index (Phi) is 4.63. The number of fused-ring (bicyclic) bond motifs is 1. The lowest BCUT2D eigenvalue weighted by molar-refractivity contribution is -0.137. The number of carboxylic acids is 1. The molecule has 0 aliphatic carbocycles. The van der Waals surface area contributed by atoms with Crippen molar-refractivity contribution in [2.75, 3.05) is 0 Å². The van der Waals surface area contributed by atoms with Gasteiger partial charge in [-0.25, -0.2) is 0 Å². The number of hydrogen-bond acceptors (Lipinski definition) is 2. The molecule has 1 unspecified atom stereocenters. The van der Waals surface area contributed by atoms with Crippen LogP contribution < -0.4 is 0 Å². The summed E-state index contributed by atoms with van der Waals surface area (Å²) >= 11 is 3.53. The van der Waals surface area contributed by atoms with Crippen LogP contribution in [0.3, 0.4) is 0 Å². The Morgan fingerprint density at radius 1 is 1.35 bits per heavy atom. The van der Waals surface area contributed by atoms with Gasteiger partial charge in [0.1, 0.15) is 0 Å². The average molecular weight is 338 g/mol. The molecule has 1 atom stereocenters. The normalized spacial score (nSPS) is 20.6. The minimum Gasteiger partial charge on any atom is -0.481 e. The zero-order valence-electron chi connectivity index (χ0n) is 11.9. The molecule has 0 fully saturated rings. The molecule has 1 aliphatic heterocycles. The Labute approximate surface area is 128 Å². The fraction of sp³-hybridized carbons (Fsp3) is 0.500. The third kappa shape index (κ3) is 3.11. The summed E-state index contributed by atoms with van der Waals surface area (Å²) in [5.74, 6) is -0.705. The predicted molar refractivity (Wildman–Crippen MR) is 85.0 cm³/mol. The van der Waals surface area contributed by atoms with Crippen LogP contribution in [-0.4, -0.2) is 16.8 Å². The van der Waals surface area contributed by atoms with Crippen molar-refractivity contribution in [1.82, 2.24) is 0 Å². The molecule has 1 N–H and O–H groups in total. The van der Waals surface area contributed by atoms with Crippen LogP contribution in [0.2, 0.25) is 0 Å². The van der Waals surface area contributed by atoms with Gasteiger partial charge in [-0.15, -0.1) is 0 Å². The molecule has 0 aromatic heterocycles. The minimum absolute atomic E-state index is 0.0116. The SMILES string of the molecule is CC1=Nc2ccc(Br)cc2C1(C)CCCCCC(=O)O. The highest BCUT2D eigenvalue weighted by Crippen LogP contribution is 2.44. The van der Waals surface area contributed by atoms with Crippen LogP contribution in [0.15, 0.2) is 27.7 Å². The van der Waals surface area contributed by atoms with Crippen molar-refractivity contribution in [2.45, 2.75) is 51.4 Å². The lowest BCUT2D eigenvalue weighted by Gasteiger charge is -2.26. The Morgan fingerprint density at radius 2 is 2.10 bits per heavy atom. The molecular weight excluding hydrogens is 318 g/mol. The summed E-state index contributed by atoms with van der Waals surface area (Å²) in [6.45, 7) is 4.33. The molecule has 0 saturated carbocycles. The molecule has 0 spiro atoms. The van der Waals surface area contributed by atoms with Gasteiger partial charge in [0.15, 0.2) is 0 Å². The van der Waals surface area contributed by atoms with Crippen molar-refractivity contribution < 1.29 is 9.90 Å². The van der Waals surface area contributed by atoms with Gasteiger partial charge in [0.2, 0.25) is 0 Å². The van der Waals surface area contributed by atoms with Gasteiger partial charge in [0, 0.05) is 22.0 Å². The molecule has 0 amide bonds. The maximum atomic E-state index is 10.5. The van der Waals surface area contributed by atoms with Crippen molar-refractivity contribution in [3.63, 3.8) is 0 Å². The van der Waals surface area contributed by atoms with Crippen molar-refractivity contribution in [3.05, 3.63) is 28.2 Å². The first kappa shape index (κ1) is 15.2. The number of carbonyl (C=O) groups is 1. The standard InChI is InChI=1S/C16H20BrNO2/c1-11-16(2,9-5-3-4-6-15(19)20)13-10-12(17)7-8-14(13)18-11/h7-8,10H,3-6,9H2,1-2H3,(H,19,20). The molecular formula is C16H20BrNO2. The largest absolute Gasteiger partial charge is 0.481 e. The van der Waals surface area contributed by atoms with Gasteiger partial charge in [-0.1, -0.05) is 35.7 Å². The fourth-order valence-corrected chi connectivity index (χ4v) is 3.15. The Balaban J connectivity index is 2.02. The molecule has 1 aromatic rings. The van der Waals surface area contributed by atoms with Crippen LogP contribution in [0.5, 0.6) is 0 Å².